The van der Waals surface area contributed by atoms with Crippen molar-refractivity contribution >= 4 is 51.4 Å². The number of aromatic nitrogens is 1. The molecule has 0 saturated carbocycles. The number of hydrogen-bond donors (Lipinski definition) is 4. The van der Waals surface area contributed by atoms with Crippen molar-refractivity contribution in [2.45, 2.75) is 19.1 Å². The maximum absolute atomic E-state index is 13.0. The van der Waals surface area contributed by atoms with Crippen molar-refractivity contribution in [2.75, 3.05) is 34.4 Å². The van der Waals surface area contributed by atoms with E-state index in [0.717, 1.165) is 10.8 Å². The Bertz CT molecular complexity index is 1210. The van der Waals surface area contributed by atoms with Crippen LogP contribution in [0.15, 0.2) is 54.7 Å². The van der Waals surface area contributed by atoms with E-state index in [-0.39, 0.29) is 19.1 Å². The van der Waals surface area contributed by atoms with Crippen molar-refractivity contribution in [2.24, 2.45) is 0 Å². The lowest BCUT2D eigenvalue weighted by atomic mass is 10.1. The molecule has 170 valence electrons. The molecule has 1 aliphatic heterocycles. The zero-order valence-corrected chi connectivity index (χ0v) is 17.8. The Morgan fingerprint density at radius 1 is 1.15 bits per heavy atom. The molecule has 0 aliphatic carbocycles. The van der Waals surface area contributed by atoms with Gasteiger partial charge in [0.15, 0.2) is 12.2 Å². The number of hydrogen-bond acceptors (Lipinski definition) is 7. The lowest BCUT2D eigenvalue weighted by Crippen LogP contribution is -2.55. The molecular formula is C23H23N5O5. The molecule has 1 aliphatic rings. The van der Waals surface area contributed by atoms with Gasteiger partial charge in [0.05, 0.1) is 6.61 Å². The van der Waals surface area contributed by atoms with Crippen molar-refractivity contribution in [3.05, 3.63) is 54.7 Å². The topological polar surface area (TPSA) is 147 Å². The van der Waals surface area contributed by atoms with E-state index in [1.165, 1.54) is 11.8 Å². The zero-order valence-electron chi connectivity index (χ0n) is 17.8. The zero-order chi connectivity index (χ0) is 23.5. The lowest BCUT2D eigenvalue weighted by molar-refractivity contribution is -0.150. The van der Waals surface area contributed by atoms with E-state index < -0.39 is 24.0 Å². The summed E-state index contributed by atoms with van der Waals surface area (Å²) >= 11 is 0. The predicted molar refractivity (Wildman–Crippen MR) is 124 cm³/mol. The highest BCUT2D eigenvalue weighted by Gasteiger charge is 2.39. The first-order valence-corrected chi connectivity index (χ1v) is 10.3. The second-order valence-electron chi connectivity index (χ2n) is 7.58. The molecule has 2 atom stereocenters. The molecule has 2 aromatic carbocycles. The summed E-state index contributed by atoms with van der Waals surface area (Å²) in [6.07, 6.45) is -1.50. The van der Waals surface area contributed by atoms with E-state index in [0.29, 0.717) is 22.9 Å². The molecule has 1 fully saturated rings. The number of morpholine rings is 1. The SMILES string of the molecule is CC(=O)Nc1ccc(N2CCO[C@H]([C@@H](O)C(=O)Nc3ccc4c(N)nccc4c3)C2=O)cc1. The highest BCUT2D eigenvalue weighted by molar-refractivity contribution is 6.04. The number of nitrogens with zero attached hydrogens (tertiary/aromatic N) is 2. The molecule has 3 aromatic rings. The number of ether oxygens (including phenoxy) is 1. The summed E-state index contributed by atoms with van der Waals surface area (Å²) in [5, 5.41) is 17.4. The maximum atomic E-state index is 13.0. The van der Waals surface area contributed by atoms with Gasteiger partial charge in [-0.1, -0.05) is 0 Å². The van der Waals surface area contributed by atoms with Gasteiger partial charge in [0.1, 0.15) is 5.82 Å². The molecule has 10 nitrogen and oxygen atoms in total. The Morgan fingerprint density at radius 3 is 2.61 bits per heavy atom. The van der Waals surface area contributed by atoms with E-state index in [4.69, 9.17) is 10.5 Å². The van der Waals surface area contributed by atoms with Crippen LogP contribution in [-0.4, -0.2) is 53.2 Å². The molecule has 0 radical (unpaired) electrons. The quantitative estimate of drug-likeness (QED) is 0.462. The molecular weight excluding hydrogens is 426 g/mol. The second-order valence-corrected chi connectivity index (χ2v) is 7.58. The van der Waals surface area contributed by atoms with Gasteiger partial charge in [-0.05, 0) is 53.9 Å². The Balaban J connectivity index is 1.46. The number of aliphatic hydroxyl groups excluding tert-OH is 1. The van der Waals surface area contributed by atoms with Crippen LogP contribution in [0, 0.1) is 0 Å². The third kappa shape index (κ3) is 4.76. The Labute approximate surface area is 189 Å². The highest BCUT2D eigenvalue weighted by Crippen LogP contribution is 2.25. The van der Waals surface area contributed by atoms with Gasteiger partial charge >= 0.3 is 0 Å². The smallest absolute Gasteiger partial charge is 0.259 e. The summed E-state index contributed by atoms with van der Waals surface area (Å²) in [5.74, 6) is -1.13. The molecule has 1 saturated heterocycles. The molecule has 1 aromatic heterocycles. The largest absolute Gasteiger partial charge is 0.383 e. The number of benzene rings is 2. The average Bonchev–Trinajstić information content (AvgIpc) is 2.79. The summed E-state index contributed by atoms with van der Waals surface area (Å²) in [4.78, 5) is 42.3. The predicted octanol–water partition coefficient (Wildman–Crippen LogP) is 1.51. The van der Waals surface area contributed by atoms with Gasteiger partial charge in [0, 0.05) is 42.1 Å². The molecule has 4 rings (SSSR count). The number of anilines is 4. The van der Waals surface area contributed by atoms with Crippen molar-refractivity contribution in [1.29, 1.82) is 0 Å². The third-order valence-electron chi connectivity index (χ3n) is 5.24. The Kier molecular flexibility index (Phi) is 6.20. The minimum absolute atomic E-state index is 0.149. The first-order chi connectivity index (χ1) is 15.8. The van der Waals surface area contributed by atoms with Gasteiger partial charge in [0.25, 0.3) is 11.8 Å². The number of pyridine rings is 1. The molecule has 3 amide bonds. The van der Waals surface area contributed by atoms with Crippen LogP contribution in [0.3, 0.4) is 0 Å². The average molecular weight is 449 g/mol. The van der Waals surface area contributed by atoms with Crippen LogP contribution in [0.2, 0.25) is 0 Å². The van der Waals surface area contributed by atoms with Gasteiger partial charge < -0.3 is 31.1 Å². The fourth-order valence-corrected chi connectivity index (χ4v) is 3.65. The number of nitrogen functional groups attached to an aromatic ring is 1. The van der Waals surface area contributed by atoms with Crippen LogP contribution in [0.25, 0.3) is 10.8 Å². The van der Waals surface area contributed by atoms with Gasteiger partial charge in [-0.25, -0.2) is 4.98 Å². The summed E-state index contributed by atoms with van der Waals surface area (Å²) in [6, 6.07) is 13.5. The van der Waals surface area contributed by atoms with Crippen LogP contribution >= 0.6 is 0 Å². The Hall–Kier alpha value is -4.02. The minimum Gasteiger partial charge on any atom is -0.383 e. The fourth-order valence-electron chi connectivity index (χ4n) is 3.65. The van der Waals surface area contributed by atoms with E-state index in [1.54, 1.807) is 54.7 Å². The summed E-state index contributed by atoms with van der Waals surface area (Å²) in [6.45, 7) is 1.82. The molecule has 2 heterocycles. The van der Waals surface area contributed by atoms with Crippen molar-refractivity contribution in [3.63, 3.8) is 0 Å². The van der Waals surface area contributed by atoms with Gasteiger partial charge in [-0.2, -0.15) is 0 Å². The maximum Gasteiger partial charge on any atom is 0.259 e. The van der Waals surface area contributed by atoms with E-state index in [1.807, 2.05) is 0 Å². The molecule has 0 unspecified atom stereocenters. The van der Waals surface area contributed by atoms with Crippen LogP contribution in [0.5, 0.6) is 0 Å². The van der Waals surface area contributed by atoms with Crippen molar-refractivity contribution in [1.82, 2.24) is 4.98 Å². The van der Waals surface area contributed by atoms with Crippen LogP contribution in [0.4, 0.5) is 22.9 Å². The monoisotopic (exact) mass is 449 g/mol. The van der Waals surface area contributed by atoms with E-state index in [2.05, 4.69) is 15.6 Å². The molecule has 0 spiro atoms. The highest BCUT2D eigenvalue weighted by atomic mass is 16.5. The molecule has 0 bridgehead atoms. The first-order valence-electron chi connectivity index (χ1n) is 10.3. The number of carbonyl (C=O) groups excluding carboxylic acids is 3. The van der Waals surface area contributed by atoms with E-state index in [9.17, 15) is 19.5 Å². The van der Waals surface area contributed by atoms with Gasteiger partial charge in [-0.15, -0.1) is 0 Å². The number of aliphatic hydroxyl groups is 1. The normalized spacial score (nSPS) is 17.0. The van der Waals surface area contributed by atoms with Gasteiger partial charge in [-0.3, -0.25) is 14.4 Å². The number of amides is 3. The van der Waals surface area contributed by atoms with Crippen molar-refractivity contribution < 1.29 is 24.2 Å². The molecule has 33 heavy (non-hydrogen) atoms. The number of rotatable bonds is 5. The minimum atomic E-state index is -1.71. The van der Waals surface area contributed by atoms with Gasteiger partial charge in [0.2, 0.25) is 5.91 Å². The summed E-state index contributed by atoms with van der Waals surface area (Å²) in [5.41, 5.74) is 7.44. The van der Waals surface area contributed by atoms with Crippen LogP contribution in [-0.2, 0) is 19.1 Å². The standard InChI is InChI=1S/C23H23N5O5/c1-13(29)26-15-2-5-17(6-3-15)28-10-11-33-20(23(28)32)19(30)22(31)27-16-4-7-18-14(12-16)8-9-25-21(18)24/h2-9,12,19-20,30H,10-11H2,1H3,(H2,24,25)(H,26,29)(H,27,31)/t19-,20-/m1/s1. The van der Waals surface area contributed by atoms with Crippen LogP contribution in [0.1, 0.15) is 6.92 Å². The number of fused-ring (bicyclic) bond motifs is 1. The number of nitrogens with two attached hydrogens (primary N) is 1. The molecule has 10 heteroatoms. The summed E-state index contributed by atoms with van der Waals surface area (Å²) in [7, 11) is 0. The lowest BCUT2D eigenvalue weighted by Gasteiger charge is -2.34. The Morgan fingerprint density at radius 2 is 1.88 bits per heavy atom. The van der Waals surface area contributed by atoms with Crippen LogP contribution < -0.4 is 21.3 Å². The fraction of sp³-hybridized carbons (Fsp3) is 0.217. The second kappa shape index (κ2) is 9.23. The molecule has 5 N–H and O–H groups in total. The number of carbonyl (C=O) groups is 3. The van der Waals surface area contributed by atoms with E-state index >= 15 is 0 Å². The third-order valence-corrected chi connectivity index (χ3v) is 5.24. The summed E-state index contributed by atoms with van der Waals surface area (Å²) < 4.78 is 5.44. The number of nitrogens with one attached hydrogen (secondary N) is 2. The van der Waals surface area contributed by atoms with Crippen molar-refractivity contribution in [3.8, 4) is 0 Å². The first kappa shape index (κ1) is 22.2.